The normalized spacial score (nSPS) is 10.1. The summed E-state index contributed by atoms with van der Waals surface area (Å²) in [4.78, 5) is 28.3. The number of pyridine rings is 1. The zero-order valence-corrected chi connectivity index (χ0v) is 13.8. The molecule has 0 fully saturated rings. The Bertz CT molecular complexity index is 896. The summed E-state index contributed by atoms with van der Waals surface area (Å²) in [6.07, 6.45) is 3.09. The Morgan fingerprint density at radius 2 is 1.44 bits per heavy atom. The quantitative estimate of drug-likeness (QED) is 0.738. The van der Waals surface area contributed by atoms with E-state index in [0.29, 0.717) is 27.5 Å². The molecule has 0 atom stereocenters. The summed E-state index contributed by atoms with van der Waals surface area (Å²) in [5, 5.41) is 6.12. The third kappa shape index (κ3) is 4.43. The fraction of sp³-hybridized carbons (Fsp3) is 0. The summed E-state index contributed by atoms with van der Waals surface area (Å²) < 4.78 is 0. The number of nitrogens with one attached hydrogen (secondary N) is 2. The van der Waals surface area contributed by atoms with Gasteiger partial charge in [0.1, 0.15) is 0 Å². The molecule has 5 nitrogen and oxygen atoms in total. The summed E-state index contributed by atoms with van der Waals surface area (Å²) in [6.45, 7) is 0. The Labute approximate surface area is 149 Å². The molecule has 0 bridgehead atoms. The van der Waals surface area contributed by atoms with Crippen LogP contribution >= 0.6 is 11.6 Å². The Balaban J connectivity index is 1.70. The molecule has 1 heterocycles. The maximum absolute atomic E-state index is 12.2. The van der Waals surface area contributed by atoms with Crippen LogP contribution in [-0.4, -0.2) is 16.8 Å². The van der Waals surface area contributed by atoms with E-state index in [-0.39, 0.29) is 11.8 Å². The van der Waals surface area contributed by atoms with Crippen LogP contribution in [-0.2, 0) is 0 Å². The number of rotatable bonds is 4. The van der Waals surface area contributed by atoms with Gasteiger partial charge in [-0.3, -0.25) is 14.6 Å². The minimum absolute atomic E-state index is 0.257. The molecule has 0 saturated carbocycles. The second kappa shape index (κ2) is 7.59. The van der Waals surface area contributed by atoms with Crippen LogP contribution < -0.4 is 10.6 Å². The van der Waals surface area contributed by atoms with E-state index in [1.165, 1.54) is 6.20 Å². The molecule has 0 unspecified atom stereocenters. The number of hydrogen-bond acceptors (Lipinski definition) is 3. The Morgan fingerprint density at radius 3 is 2.04 bits per heavy atom. The SMILES string of the molecule is O=C(Nc1cccc(NC(=O)c2cccnc2)c1)c1ccc(Cl)cc1. The van der Waals surface area contributed by atoms with Crippen LogP contribution in [0.3, 0.4) is 0 Å². The number of anilines is 2. The van der Waals surface area contributed by atoms with E-state index in [1.807, 2.05) is 0 Å². The highest BCUT2D eigenvalue weighted by Crippen LogP contribution is 2.17. The molecular formula is C19H14ClN3O2. The maximum Gasteiger partial charge on any atom is 0.257 e. The van der Waals surface area contributed by atoms with Gasteiger partial charge in [0.05, 0.1) is 5.56 Å². The molecule has 3 aromatic rings. The number of benzene rings is 2. The monoisotopic (exact) mass is 351 g/mol. The molecular weight excluding hydrogens is 338 g/mol. The van der Waals surface area contributed by atoms with Gasteiger partial charge in [-0.15, -0.1) is 0 Å². The van der Waals surface area contributed by atoms with Gasteiger partial charge < -0.3 is 10.6 Å². The van der Waals surface area contributed by atoms with Crippen LogP contribution in [0.2, 0.25) is 5.02 Å². The van der Waals surface area contributed by atoms with Crippen molar-refractivity contribution in [2.24, 2.45) is 0 Å². The minimum atomic E-state index is -0.269. The topological polar surface area (TPSA) is 71.1 Å². The lowest BCUT2D eigenvalue weighted by Gasteiger charge is -2.09. The minimum Gasteiger partial charge on any atom is -0.322 e. The molecule has 6 heteroatoms. The van der Waals surface area contributed by atoms with Crippen molar-refractivity contribution in [2.45, 2.75) is 0 Å². The zero-order valence-electron chi connectivity index (χ0n) is 13.1. The number of carbonyl (C=O) groups excluding carboxylic acids is 2. The van der Waals surface area contributed by atoms with Crippen molar-refractivity contribution < 1.29 is 9.59 Å². The number of amides is 2. The fourth-order valence-corrected chi connectivity index (χ4v) is 2.31. The first kappa shape index (κ1) is 16.7. The molecule has 0 aliphatic heterocycles. The van der Waals surface area contributed by atoms with Crippen molar-refractivity contribution in [3.8, 4) is 0 Å². The van der Waals surface area contributed by atoms with Crippen LogP contribution in [0.25, 0.3) is 0 Å². The molecule has 0 radical (unpaired) electrons. The van der Waals surface area contributed by atoms with Gasteiger partial charge in [0, 0.05) is 34.4 Å². The predicted octanol–water partition coefficient (Wildman–Crippen LogP) is 4.24. The molecule has 0 aliphatic carbocycles. The summed E-state index contributed by atoms with van der Waals surface area (Å²) >= 11 is 5.82. The zero-order chi connectivity index (χ0) is 17.6. The average molecular weight is 352 g/mol. The molecule has 2 amide bonds. The van der Waals surface area contributed by atoms with Crippen LogP contribution in [0.15, 0.2) is 73.1 Å². The van der Waals surface area contributed by atoms with E-state index in [0.717, 1.165) is 0 Å². The van der Waals surface area contributed by atoms with Crippen molar-refractivity contribution in [3.05, 3.63) is 89.2 Å². The first-order valence-electron chi connectivity index (χ1n) is 7.50. The Morgan fingerprint density at radius 1 is 0.800 bits per heavy atom. The lowest BCUT2D eigenvalue weighted by atomic mass is 10.2. The summed E-state index contributed by atoms with van der Waals surface area (Å²) in [6, 6.07) is 16.9. The highest BCUT2D eigenvalue weighted by atomic mass is 35.5. The second-order valence-corrected chi connectivity index (χ2v) is 5.67. The Kier molecular flexibility index (Phi) is 5.06. The first-order valence-corrected chi connectivity index (χ1v) is 7.88. The van der Waals surface area contributed by atoms with Crippen molar-refractivity contribution in [1.82, 2.24) is 4.98 Å². The second-order valence-electron chi connectivity index (χ2n) is 5.24. The van der Waals surface area contributed by atoms with Crippen molar-refractivity contribution in [3.63, 3.8) is 0 Å². The predicted molar refractivity (Wildman–Crippen MR) is 98.0 cm³/mol. The van der Waals surface area contributed by atoms with Crippen molar-refractivity contribution in [2.75, 3.05) is 10.6 Å². The highest BCUT2D eigenvalue weighted by Gasteiger charge is 2.08. The van der Waals surface area contributed by atoms with Gasteiger partial charge in [0.15, 0.2) is 0 Å². The average Bonchev–Trinajstić information content (AvgIpc) is 2.63. The molecule has 0 aliphatic rings. The van der Waals surface area contributed by atoms with E-state index in [9.17, 15) is 9.59 Å². The van der Waals surface area contributed by atoms with E-state index in [1.54, 1.807) is 66.9 Å². The van der Waals surface area contributed by atoms with Gasteiger partial charge in [0.2, 0.25) is 0 Å². The van der Waals surface area contributed by atoms with Gasteiger partial charge >= 0.3 is 0 Å². The van der Waals surface area contributed by atoms with Gasteiger partial charge in [-0.05, 0) is 54.6 Å². The number of aromatic nitrogens is 1. The molecule has 124 valence electrons. The number of nitrogens with zero attached hydrogens (tertiary/aromatic N) is 1. The van der Waals surface area contributed by atoms with E-state index in [4.69, 9.17) is 11.6 Å². The van der Waals surface area contributed by atoms with Crippen LogP contribution in [0.1, 0.15) is 20.7 Å². The van der Waals surface area contributed by atoms with Crippen molar-refractivity contribution in [1.29, 1.82) is 0 Å². The molecule has 3 rings (SSSR count). The maximum atomic E-state index is 12.2. The third-order valence-electron chi connectivity index (χ3n) is 3.41. The largest absolute Gasteiger partial charge is 0.322 e. The van der Waals surface area contributed by atoms with Gasteiger partial charge in [-0.1, -0.05) is 17.7 Å². The molecule has 2 N–H and O–H groups in total. The van der Waals surface area contributed by atoms with Crippen molar-refractivity contribution >= 4 is 34.8 Å². The van der Waals surface area contributed by atoms with E-state index < -0.39 is 0 Å². The first-order chi connectivity index (χ1) is 12.1. The molecule has 1 aromatic heterocycles. The lowest BCUT2D eigenvalue weighted by Crippen LogP contribution is -2.14. The fourth-order valence-electron chi connectivity index (χ4n) is 2.18. The van der Waals surface area contributed by atoms with Gasteiger partial charge in [-0.25, -0.2) is 0 Å². The summed E-state index contributed by atoms with van der Waals surface area (Å²) in [5.41, 5.74) is 2.10. The molecule has 25 heavy (non-hydrogen) atoms. The van der Waals surface area contributed by atoms with Gasteiger partial charge in [-0.2, -0.15) is 0 Å². The molecule has 0 spiro atoms. The molecule has 0 saturated heterocycles. The Hall–Kier alpha value is -3.18. The summed E-state index contributed by atoms with van der Waals surface area (Å²) in [5.74, 6) is -0.526. The lowest BCUT2D eigenvalue weighted by molar-refractivity contribution is 0.101. The van der Waals surface area contributed by atoms with Gasteiger partial charge in [0.25, 0.3) is 11.8 Å². The molecule has 2 aromatic carbocycles. The van der Waals surface area contributed by atoms with Crippen LogP contribution in [0.4, 0.5) is 11.4 Å². The number of hydrogen-bond donors (Lipinski definition) is 2. The third-order valence-corrected chi connectivity index (χ3v) is 3.66. The summed E-state index contributed by atoms with van der Waals surface area (Å²) in [7, 11) is 0. The van der Waals surface area contributed by atoms with Crippen LogP contribution in [0.5, 0.6) is 0 Å². The standard InChI is InChI=1S/C19H14ClN3O2/c20-15-8-6-13(7-9-15)18(24)22-16-4-1-5-17(11-16)23-19(25)14-3-2-10-21-12-14/h1-12H,(H,22,24)(H,23,25). The van der Waals surface area contributed by atoms with Crippen LogP contribution in [0, 0.1) is 0 Å². The van der Waals surface area contributed by atoms with E-state index in [2.05, 4.69) is 15.6 Å². The number of halogens is 1. The smallest absolute Gasteiger partial charge is 0.257 e. The number of carbonyl (C=O) groups is 2. The van der Waals surface area contributed by atoms with E-state index >= 15 is 0 Å². The highest BCUT2D eigenvalue weighted by molar-refractivity contribution is 6.30.